The van der Waals surface area contributed by atoms with Crippen LogP contribution in [0.5, 0.6) is 23.0 Å². The van der Waals surface area contributed by atoms with Gasteiger partial charge in [-0.2, -0.15) is 38.5 Å². The van der Waals surface area contributed by atoms with Crippen LogP contribution in [0.2, 0.25) is 0 Å². The summed E-state index contributed by atoms with van der Waals surface area (Å²) in [6, 6.07) is 59.5. The van der Waals surface area contributed by atoms with Gasteiger partial charge in [-0.3, -0.25) is 0 Å². The van der Waals surface area contributed by atoms with Gasteiger partial charge in [-0.15, -0.1) is 0 Å². The highest BCUT2D eigenvalue weighted by Crippen LogP contribution is 2.35. The third-order valence-corrected chi connectivity index (χ3v) is 23.9. The van der Waals surface area contributed by atoms with E-state index in [1.54, 1.807) is 0 Å². The average Bonchev–Trinajstić information content (AvgIpc) is 1.20. The largest absolute Gasteiger partial charge is 0.494 e. The fraction of sp³-hybridized carbons (Fsp3) is 0.411. The Kier molecular flexibility index (Phi) is 41.7. The van der Waals surface area contributed by atoms with E-state index in [2.05, 4.69) is 279 Å². The lowest BCUT2D eigenvalue weighted by atomic mass is 9.97. The topological polar surface area (TPSA) is 128 Å². The normalized spacial score (nSPS) is 12.6. The minimum Gasteiger partial charge on any atom is -0.494 e. The van der Waals surface area contributed by atoms with Crippen molar-refractivity contribution in [2.45, 2.75) is 256 Å². The van der Waals surface area contributed by atoms with Gasteiger partial charge in [0.1, 0.15) is 23.0 Å². The molecule has 0 fully saturated rings. The summed E-state index contributed by atoms with van der Waals surface area (Å²) < 4.78 is 24.9. The van der Waals surface area contributed by atoms with E-state index < -0.39 is 0 Å². The smallest absolute Gasteiger partial charge is 0.225 e. The van der Waals surface area contributed by atoms with Crippen molar-refractivity contribution >= 4 is 108 Å². The van der Waals surface area contributed by atoms with Crippen LogP contribution in [0.1, 0.15) is 322 Å². The molecule has 0 aliphatic carbocycles. The Labute approximate surface area is 718 Å². The number of rotatable bonds is 53. The van der Waals surface area contributed by atoms with Crippen molar-refractivity contribution in [3.63, 3.8) is 0 Å². The number of hydrogen-bond acceptors (Lipinski definition) is 11. The summed E-state index contributed by atoms with van der Waals surface area (Å²) in [5.74, 6) is 7.47. The maximum absolute atomic E-state index is 6.23. The van der Waals surface area contributed by atoms with Crippen molar-refractivity contribution in [1.82, 2.24) is 15.0 Å². The first-order valence-corrected chi connectivity index (χ1v) is 47.4. The van der Waals surface area contributed by atoms with E-state index in [4.69, 9.17) is 30.4 Å². The maximum Gasteiger partial charge on any atom is 0.225 e. The van der Waals surface area contributed by atoms with Gasteiger partial charge in [0.2, 0.25) is 11.9 Å². The highest BCUT2D eigenvalue weighted by molar-refractivity contribution is 7.98. The van der Waals surface area contributed by atoms with E-state index in [0.717, 1.165) is 159 Å². The highest BCUT2D eigenvalue weighted by Gasteiger charge is 2.15. The molecule has 8 aromatic carbocycles. The summed E-state index contributed by atoms with van der Waals surface area (Å²) in [7, 11) is 0. The molecule has 3 heterocycles. The third-order valence-electron chi connectivity index (χ3n) is 21.8. The summed E-state index contributed by atoms with van der Waals surface area (Å²) in [4.78, 5) is 13.2. The number of benzene rings is 8. The van der Waals surface area contributed by atoms with Crippen molar-refractivity contribution in [2.75, 3.05) is 37.9 Å². The molecule has 9 nitrogen and oxygen atoms in total. The number of nitrogens with two attached hydrogens (primary N) is 2. The van der Waals surface area contributed by atoms with Crippen molar-refractivity contribution in [2.24, 2.45) is 0 Å². The van der Waals surface area contributed by atoms with Gasteiger partial charge in [-0.1, -0.05) is 347 Å². The molecule has 0 radical (unpaired) electrons. The minimum atomic E-state index is 0.109. The standard InChI is InChI=1S/C107H135N5O4S2/c1-5-9-13-17-21-25-29-33-65-113-101-57-47-84(48-58-101)37-41-88-69-89(42-38-85-49-59-102(60-50-85)114-66-34-30-26-22-18-14-10-6-2)72-92(71-88)45-55-96-78-100-83-118-81-95-75-94(76-98(77-95)105-110-106(108)112-107(109)111-105)80-117-82-99(96)79-97(100)56-46-93-73-90(43-39-86-51-61-103(62-52-86)115-67-35-31-27-23-19-15-11-7-3)70-91(74-93)44-40-87-53-63-104(64-54-87)116-68-36-32-28-24-20-16-12-8-4/h37-64,69-79H,5-36,65-68,80-83H2,1-4H3,(H4,108,109,110,111,112). The predicted molar refractivity (Wildman–Crippen MR) is 515 cm³/mol. The first-order chi connectivity index (χ1) is 58.1. The second kappa shape index (κ2) is 54.0. The van der Waals surface area contributed by atoms with Crippen LogP contribution in [-0.2, 0) is 23.0 Å². The molecule has 0 atom stereocenters. The molecule has 1 aromatic heterocycles. The van der Waals surface area contributed by atoms with Crippen molar-refractivity contribution in [3.05, 3.63) is 253 Å². The van der Waals surface area contributed by atoms with E-state index in [-0.39, 0.29) is 11.9 Å². The molecular formula is C107H135N5O4S2. The molecule has 4 N–H and O–H groups in total. The lowest BCUT2D eigenvalue weighted by Crippen LogP contribution is -2.04. The van der Waals surface area contributed by atoms with Crippen LogP contribution < -0.4 is 30.4 Å². The Morgan fingerprint density at radius 2 is 0.492 bits per heavy atom. The SMILES string of the molecule is CCCCCCCCCCOc1ccc(C=Cc2cc(C=Cc3ccc(OCCCCCCCCCC)cc3)cc(C=Cc3cc4c(C=Cc5cc(C=Cc6ccc(OCCCCCCCCCC)cc6)cc(C=Cc6ccc(OCCCCCCCCCC)cc6)c5)cc3CSCc3cc(cc(-c5nc(N)nc(N)n5)c3)CSC4)c2)cc1. The zero-order chi connectivity index (χ0) is 82.1. The summed E-state index contributed by atoms with van der Waals surface area (Å²) in [6.07, 6.45) is 68.1. The van der Waals surface area contributed by atoms with Crippen LogP contribution in [0.4, 0.5) is 11.9 Å². The molecule has 9 aromatic rings. The molecule has 624 valence electrons. The van der Waals surface area contributed by atoms with Gasteiger partial charge in [-0.05, 0) is 212 Å². The Morgan fingerprint density at radius 1 is 0.254 bits per heavy atom. The lowest BCUT2D eigenvalue weighted by Gasteiger charge is -2.14. The number of fused-ring (bicyclic) bond motifs is 6. The molecular weight excluding hydrogens is 1480 g/mol. The number of hydrogen-bond donors (Lipinski definition) is 2. The number of ether oxygens (including phenoxy) is 4. The average molecular weight is 1620 g/mol. The minimum absolute atomic E-state index is 0.109. The second-order valence-corrected chi connectivity index (χ2v) is 34.1. The number of thioether (sulfide) groups is 2. The summed E-state index contributed by atoms with van der Waals surface area (Å²) in [5, 5.41) is 0. The number of nitrogens with zero attached hydrogens (tertiary/aromatic N) is 3. The van der Waals surface area contributed by atoms with Crippen LogP contribution in [0.3, 0.4) is 0 Å². The molecule has 0 saturated heterocycles. The summed E-state index contributed by atoms with van der Waals surface area (Å²) >= 11 is 3.81. The second-order valence-electron chi connectivity index (χ2n) is 32.1. The van der Waals surface area contributed by atoms with Gasteiger partial charge in [0.05, 0.1) is 26.4 Å². The van der Waals surface area contributed by atoms with Gasteiger partial charge < -0.3 is 30.4 Å². The summed E-state index contributed by atoms with van der Waals surface area (Å²) in [5.41, 5.74) is 31.7. The van der Waals surface area contributed by atoms with Crippen LogP contribution >= 0.6 is 23.5 Å². The molecule has 0 amide bonds. The Balaban J connectivity index is 0.933. The zero-order valence-electron chi connectivity index (χ0n) is 71.7. The monoisotopic (exact) mass is 1620 g/mol. The highest BCUT2D eigenvalue weighted by atomic mass is 32.2. The van der Waals surface area contributed by atoms with E-state index in [9.17, 15) is 0 Å². The van der Waals surface area contributed by atoms with Crippen LogP contribution in [0.15, 0.2) is 164 Å². The van der Waals surface area contributed by atoms with Crippen LogP contribution in [0.25, 0.3) is 84.3 Å². The quantitative estimate of drug-likeness (QED) is 0.0279. The Bertz CT molecular complexity index is 4090. The van der Waals surface area contributed by atoms with Crippen molar-refractivity contribution in [3.8, 4) is 34.4 Å². The molecule has 11 heteroatoms. The van der Waals surface area contributed by atoms with E-state index in [1.807, 2.05) is 23.5 Å². The summed E-state index contributed by atoms with van der Waals surface area (Å²) in [6.45, 7) is 12.1. The van der Waals surface area contributed by atoms with Crippen LogP contribution in [-0.4, -0.2) is 41.4 Å². The Hall–Kier alpha value is -9.29. The van der Waals surface area contributed by atoms with Crippen LogP contribution in [0, 0.1) is 0 Å². The predicted octanol–water partition coefficient (Wildman–Crippen LogP) is 31.0. The van der Waals surface area contributed by atoms with Gasteiger partial charge in [0, 0.05) is 28.6 Å². The fourth-order valence-electron chi connectivity index (χ4n) is 15.0. The molecule has 0 saturated carbocycles. The van der Waals surface area contributed by atoms with E-state index >= 15 is 0 Å². The third kappa shape index (κ3) is 35.0. The van der Waals surface area contributed by atoms with Gasteiger partial charge in [0.15, 0.2) is 5.82 Å². The molecule has 11 rings (SSSR count). The van der Waals surface area contributed by atoms with E-state index in [1.165, 1.54) is 213 Å². The van der Waals surface area contributed by atoms with Crippen molar-refractivity contribution in [1.29, 1.82) is 0 Å². The fourth-order valence-corrected chi connectivity index (χ4v) is 16.9. The van der Waals surface area contributed by atoms with Gasteiger partial charge >= 0.3 is 0 Å². The van der Waals surface area contributed by atoms with Crippen molar-refractivity contribution < 1.29 is 18.9 Å². The molecule has 0 unspecified atom stereocenters. The number of unbranched alkanes of at least 4 members (excludes halogenated alkanes) is 28. The zero-order valence-corrected chi connectivity index (χ0v) is 73.4. The molecule has 118 heavy (non-hydrogen) atoms. The number of aromatic nitrogens is 3. The Morgan fingerprint density at radius 3 is 0.754 bits per heavy atom. The lowest BCUT2D eigenvalue weighted by molar-refractivity contribution is 0.304. The maximum atomic E-state index is 6.23. The number of nitrogen functional groups attached to an aromatic ring is 2. The molecule has 2 aliphatic rings. The first-order valence-electron chi connectivity index (χ1n) is 45.1. The molecule has 0 spiro atoms. The number of anilines is 2. The molecule has 2 aliphatic heterocycles. The first kappa shape index (κ1) is 91.0. The van der Waals surface area contributed by atoms with Gasteiger partial charge in [0.25, 0.3) is 0 Å². The molecule has 4 bridgehead atoms. The van der Waals surface area contributed by atoms with E-state index in [0.29, 0.717) is 5.82 Å². The van der Waals surface area contributed by atoms with Gasteiger partial charge in [-0.25, -0.2) is 0 Å².